The van der Waals surface area contributed by atoms with E-state index in [0.717, 1.165) is 0 Å². The molecular weight excluding hydrogens is 804 g/mol. The first-order chi connectivity index (χ1) is 27.8. The van der Waals surface area contributed by atoms with Crippen LogP contribution in [-0.2, 0) is 28.5 Å². The van der Waals surface area contributed by atoms with Crippen LogP contribution in [0.15, 0.2) is 36.4 Å². The highest BCUT2D eigenvalue weighted by atomic mass is 35.5. The second-order valence-electron chi connectivity index (χ2n) is 13.5. The van der Waals surface area contributed by atoms with Crippen molar-refractivity contribution in [2.75, 3.05) is 119 Å². The minimum absolute atomic E-state index is 0. The fourth-order valence-electron chi connectivity index (χ4n) is 6.62. The first-order valence-corrected chi connectivity index (χ1v) is 18.9. The molecule has 2 aromatic rings. The summed E-state index contributed by atoms with van der Waals surface area (Å²) in [5.74, 6) is -1.49. The number of nitrogens with two attached hydrogens (primary N) is 1. The summed E-state index contributed by atoms with van der Waals surface area (Å²) in [6.45, 7) is 5.50. The van der Waals surface area contributed by atoms with Crippen molar-refractivity contribution in [3.8, 4) is 0 Å². The van der Waals surface area contributed by atoms with Gasteiger partial charge in [0.25, 0.3) is 11.8 Å². The van der Waals surface area contributed by atoms with Crippen LogP contribution >= 0.6 is 12.4 Å². The number of rotatable bonds is 10. The molecule has 2 atom stereocenters. The van der Waals surface area contributed by atoms with Gasteiger partial charge in [-0.1, -0.05) is 6.92 Å². The molecule has 19 nitrogen and oxygen atoms in total. The van der Waals surface area contributed by atoms with Crippen LogP contribution in [0.3, 0.4) is 0 Å². The molecule has 4 N–H and O–H groups in total. The first-order valence-electron chi connectivity index (χ1n) is 18.9. The van der Waals surface area contributed by atoms with Gasteiger partial charge in [0.05, 0.1) is 35.8 Å². The molecule has 0 spiro atoms. The van der Waals surface area contributed by atoms with E-state index in [2.05, 4.69) is 10.6 Å². The van der Waals surface area contributed by atoms with Crippen LogP contribution < -0.4 is 36.0 Å². The maximum Gasteiger partial charge on any atom is 0.414 e. The molecule has 0 aromatic heterocycles. The zero-order chi connectivity index (χ0) is 41.9. The number of hydrogen-bond donors (Lipinski definition) is 3. The van der Waals surface area contributed by atoms with Crippen LogP contribution in [0.4, 0.5) is 50.7 Å². The second kappa shape index (κ2) is 21.3. The minimum Gasteiger partial charge on any atom is -0.444 e. The fraction of sp³-hybridized carbons (Fsp3) is 0.514. The molecule has 0 aliphatic carbocycles. The molecule has 2 aromatic carbocycles. The van der Waals surface area contributed by atoms with Crippen LogP contribution in [0, 0.1) is 11.6 Å². The van der Waals surface area contributed by atoms with E-state index in [9.17, 15) is 37.5 Å². The number of carbonyl (C=O) groups is 6. The summed E-state index contributed by atoms with van der Waals surface area (Å²) in [6, 6.07) is 9.25. The predicted molar refractivity (Wildman–Crippen MR) is 213 cm³/mol. The molecule has 22 heteroatoms. The summed E-state index contributed by atoms with van der Waals surface area (Å²) in [7, 11) is 2.83. The topological polar surface area (TPSA) is 209 Å². The highest BCUT2D eigenvalue weighted by Crippen LogP contribution is 2.30. The summed E-state index contributed by atoms with van der Waals surface area (Å²) in [4.78, 5) is 79.7. The molecule has 4 aliphatic heterocycles. The number of benzene rings is 2. The molecule has 6 amide bonds. The van der Waals surface area contributed by atoms with Crippen LogP contribution in [0.1, 0.15) is 13.3 Å². The molecule has 0 radical (unpaired) electrons. The van der Waals surface area contributed by atoms with Crippen LogP contribution in [0.2, 0.25) is 0 Å². The maximum atomic E-state index is 14.7. The molecule has 0 unspecified atom stereocenters. The van der Waals surface area contributed by atoms with Gasteiger partial charge in [-0.3, -0.25) is 19.4 Å². The standard InChI is InChI=1S/C19H25FN4O5.C18H24FN5O5.ClH/c1-3-14-11-24(19(27)29-14)13-4-5-16(15(20)10-13)22-6-8-23(9-7-22)17(25)12-28-18(26)21-2;1-21-17(26)28-11-16(25)23-6-4-22(5-7-23)15-3-2-12(8-14(15)19)24-10-13(9-20)29-18(24)27;/h4-5,10,14H,3,6-9,11-12H2,1-2H3,(H,21,26);2-3,8,13H,4-7,9-11,20H2,1H3,(H,21,26);1H/t14-;13-;/m00./s1. The summed E-state index contributed by atoms with van der Waals surface area (Å²) in [5.41, 5.74) is 7.21. The Morgan fingerprint density at radius 1 is 0.695 bits per heavy atom. The number of hydrogen-bond acceptors (Lipinski definition) is 13. The molecule has 0 saturated carbocycles. The molecule has 0 bridgehead atoms. The van der Waals surface area contributed by atoms with Crippen molar-refractivity contribution in [3.05, 3.63) is 48.0 Å². The monoisotopic (exact) mass is 853 g/mol. The molecule has 4 aliphatic rings. The van der Waals surface area contributed by atoms with Crippen molar-refractivity contribution in [3.63, 3.8) is 0 Å². The summed E-state index contributed by atoms with van der Waals surface area (Å²) in [6.07, 6.45) is -2.20. The van der Waals surface area contributed by atoms with E-state index < -0.39 is 42.1 Å². The number of nitrogens with zero attached hydrogens (tertiary/aromatic N) is 6. The van der Waals surface area contributed by atoms with Crippen molar-refractivity contribution in [1.29, 1.82) is 0 Å². The molecule has 324 valence electrons. The lowest BCUT2D eigenvalue weighted by Gasteiger charge is -2.36. The SMILES string of the molecule is CC[C@H]1CN(c2ccc(N3CCN(C(=O)COC(=O)NC)CC3)c(F)c2)C(=O)O1.CNC(=O)OCC(=O)N1CCN(c2ccc(N3C[C@H](CN)OC3=O)cc2F)CC1.Cl. The lowest BCUT2D eigenvalue weighted by Crippen LogP contribution is -2.50. The number of alkyl carbamates (subject to hydrolysis) is 2. The van der Waals surface area contributed by atoms with Crippen LogP contribution in [-0.4, -0.2) is 157 Å². The van der Waals surface area contributed by atoms with Crippen LogP contribution in [0.5, 0.6) is 0 Å². The maximum absolute atomic E-state index is 14.7. The van der Waals surface area contributed by atoms with E-state index in [-0.39, 0.29) is 56.6 Å². The van der Waals surface area contributed by atoms with E-state index in [4.69, 9.17) is 24.7 Å². The first kappa shape index (κ1) is 45.9. The lowest BCUT2D eigenvalue weighted by atomic mass is 10.2. The van der Waals surface area contributed by atoms with Crippen molar-refractivity contribution >= 4 is 71.3 Å². The smallest absolute Gasteiger partial charge is 0.414 e. The second-order valence-corrected chi connectivity index (χ2v) is 13.5. The number of piperazine rings is 2. The highest BCUT2D eigenvalue weighted by molar-refractivity contribution is 5.91. The quantitative estimate of drug-likeness (QED) is 0.293. The highest BCUT2D eigenvalue weighted by Gasteiger charge is 2.34. The Labute approximate surface area is 346 Å². The van der Waals surface area contributed by atoms with Crippen molar-refractivity contribution < 1.29 is 56.5 Å². The van der Waals surface area contributed by atoms with Gasteiger partial charge < -0.3 is 54.9 Å². The van der Waals surface area contributed by atoms with Gasteiger partial charge in [0.15, 0.2) is 13.2 Å². The minimum atomic E-state index is -0.668. The molecule has 4 heterocycles. The Kier molecular flexibility index (Phi) is 16.5. The third-order valence-corrected chi connectivity index (χ3v) is 9.96. The number of nitrogens with one attached hydrogen (secondary N) is 2. The zero-order valence-corrected chi connectivity index (χ0v) is 33.8. The van der Waals surface area contributed by atoms with Gasteiger partial charge in [0, 0.05) is 73.0 Å². The van der Waals surface area contributed by atoms with Gasteiger partial charge in [-0.2, -0.15) is 0 Å². The van der Waals surface area contributed by atoms with Crippen molar-refractivity contribution in [2.45, 2.75) is 25.6 Å². The molecule has 59 heavy (non-hydrogen) atoms. The Balaban J connectivity index is 0.000000256. The largest absolute Gasteiger partial charge is 0.444 e. The van der Waals surface area contributed by atoms with Gasteiger partial charge >= 0.3 is 24.4 Å². The number of amides is 6. The number of cyclic esters (lactones) is 2. The van der Waals surface area contributed by atoms with Gasteiger partial charge in [0.1, 0.15) is 23.8 Å². The Morgan fingerprint density at radius 3 is 1.41 bits per heavy atom. The molecule has 4 saturated heterocycles. The zero-order valence-electron chi connectivity index (χ0n) is 33.0. The van der Waals surface area contributed by atoms with Crippen molar-refractivity contribution in [2.24, 2.45) is 5.73 Å². The number of ether oxygens (including phenoxy) is 4. The van der Waals surface area contributed by atoms with E-state index in [0.29, 0.717) is 88.1 Å². The average Bonchev–Trinajstić information content (AvgIpc) is 3.83. The summed E-state index contributed by atoms with van der Waals surface area (Å²) >= 11 is 0. The Hall–Kier alpha value is -5.83. The van der Waals surface area contributed by atoms with E-state index in [1.54, 1.807) is 34.1 Å². The average molecular weight is 854 g/mol. The van der Waals surface area contributed by atoms with Crippen LogP contribution in [0.25, 0.3) is 0 Å². The van der Waals surface area contributed by atoms with Gasteiger partial charge in [0.2, 0.25) is 0 Å². The lowest BCUT2D eigenvalue weighted by molar-refractivity contribution is -0.135. The van der Waals surface area contributed by atoms with E-state index in [1.165, 1.54) is 36.0 Å². The number of carbonyl (C=O) groups excluding carboxylic acids is 6. The third-order valence-electron chi connectivity index (χ3n) is 9.96. The fourth-order valence-corrected chi connectivity index (χ4v) is 6.62. The molecule has 6 rings (SSSR count). The van der Waals surface area contributed by atoms with Gasteiger partial charge in [-0.25, -0.2) is 28.0 Å². The van der Waals surface area contributed by atoms with Gasteiger partial charge in [-0.15, -0.1) is 12.4 Å². The normalized spacial score (nSPS) is 18.9. The molecular formula is C37H50ClF2N9O10. The Morgan fingerprint density at radius 2 is 1.08 bits per heavy atom. The summed E-state index contributed by atoms with van der Waals surface area (Å²) < 4.78 is 49.3. The van der Waals surface area contributed by atoms with Gasteiger partial charge in [-0.05, 0) is 42.8 Å². The number of anilines is 4. The molecule has 4 fully saturated rings. The van der Waals surface area contributed by atoms with Crippen molar-refractivity contribution in [1.82, 2.24) is 20.4 Å². The third kappa shape index (κ3) is 11.6. The predicted octanol–water partition coefficient (Wildman–Crippen LogP) is 2.10. The Bertz CT molecular complexity index is 1700. The summed E-state index contributed by atoms with van der Waals surface area (Å²) in [5, 5.41) is 4.55. The van der Waals surface area contributed by atoms with E-state index >= 15 is 0 Å². The number of halogens is 3. The van der Waals surface area contributed by atoms with E-state index in [1.807, 2.05) is 16.7 Å².